The van der Waals surface area contributed by atoms with Crippen molar-refractivity contribution in [2.24, 2.45) is 11.8 Å². The van der Waals surface area contributed by atoms with Crippen molar-refractivity contribution < 1.29 is 22.4 Å². The van der Waals surface area contributed by atoms with Gasteiger partial charge in [-0.1, -0.05) is 24.3 Å². The summed E-state index contributed by atoms with van der Waals surface area (Å²) >= 11 is 0. The van der Waals surface area contributed by atoms with Crippen LogP contribution in [0, 0.1) is 17.7 Å². The Balaban J connectivity index is 1.40. The third kappa shape index (κ3) is 7.85. The number of ketones is 1. The lowest BCUT2D eigenvalue weighted by Gasteiger charge is -2.42. The summed E-state index contributed by atoms with van der Waals surface area (Å²) < 4.78 is 39.4. The highest BCUT2D eigenvalue weighted by Crippen LogP contribution is 2.26. The van der Waals surface area contributed by atoms with Gasteiger partial charge in [-0.3, -0.25) is 4.79 Å². The first-order valence-corrected chi connectivity index (χ1v) is 15.0. The molecule has 0 saturated carbocycles. The number of sulfonamides is 1. The maximum atomic E-state index is 13.3. The molecule has 0 radical (unpaired) electrons. The summed E-state index contributed by atoms with van der Waals surface area (Å²) in [4.78, 5) is 26.9. The molecule has 4 rings (SSSR count). The van der Waals surface area contributed by atoms with Gasteiger partial charge in [0.05, 0.1) is 6.26 Å². The average Bonchev–Trinajstić information content (AvgIpc) is 2.86. The van der Waals surface area contributed by atoms with Gasteiger partial charge in [0.2, 0.25) is 10.0 Å². The van der Waals surface area contributed by atoms with Gasteiger partial charge in [-0.15, -0.1) is 0 Å². The number of carbonyl (C=O) groups excluding carboxylic acids is 2. The Morgan fingerprint density at radius 3 is 2.53 bits per heavy atom. The zero-order valence-electron chi connectivity index (χ0n) is 22.0. The van der Waals surface area contributed by atoms with E-state index >= 15 is 0 Å². The Morgan fingerprint density at radius 1 is 1.05 bits per heavy atom. The van der Waals surface area contributed by atoms with Crippen molar-refractivity contribution in [3.63, 3.8) is 0 Å². The van der Waals surface area contributed by atoms with Gasteiger partial charge < -0.3 is 15.5 Å². The normalized spacial score (nSPS) is 23.1. The summed E-state index contributed by atoms with van der Waals surface area (Å²) in [6.07, 6.45) is 4.76. The Hall–Kier alpha value is -2.82. The summed E-state index contributed by atoms with van der Waals surface area (Å²) in [6, 6.07) is 12.9. The van der Waals surface area contributed by atoms with Crippen molar-refractivity contribution >= 4 is 27.5 Å². The molecule has 3 atom stereocenters. The second kappa shape index (κ2) is 12.4. The third-order valence-corrected chi connectivity index (χ3v) is 8.81. The molecule has 0 bridgehead atoms. The quantitative estimate of drug-likeness (QED) is 0.493. The van der Waals surface area contributed by atoms with Gasteiger partial charge in [0.1, 0.15) is 5.82 Å². The smallest absolute Gasteiger partial charge is 0.319 e. The summed E-state index contributed by atoms with van der Waals surface area (Å²) in [5.41, 5.74) is 2.16. The molecule has 2 saturated heterocycles. The van der Waals surface area contributed by atoms with E-state index < -0.39 is 10.0 Å². The van der Waals surface area contributed by atoms with E-state index in [0.717, 1.165) is 37.9 Å². The van der Waals surface area contributed by atoms with Gasteiger partial charge in [-0.25, -0.2) is 21.9 Å². The number of hydrogen-bond acceptors (Lipinski definition) is 5. The second-order valence-corrected chi connectivity index (χ2v) is 12.6. The molecule has 2 aromatic carbocycles. The highest BCUT2D eigenvalue weighted by Gasteiger charge is 2.36. The summed E-state index contributed by atoms with van der Waals surface area (Å²) in [7, 11) is -3.34. The van der Waals surface area contributed by atoms with E-state index in [-0.39, 0.29) is 29.6 Å². The van der Waals surface area contributed by atoms with Gasteiger partial charge in [-0.05, 0) is 74.9 Å². The van der Waals surface area contributed by atoms with Crippen LogP contribution in [0.1, 0.15) is 42.1 Å². The number of nitrogens with one attached hydrogen (secondary N) is 2. The highest BCUT2D eigenvalue weighted by atomic mass is 32.2. The molecule has 2 amide bonds. The summed E-state index contributed by atoms with van der Waals surface area (Å²) in [6.45, 7) is 4.66. The van der Waals surface area contributed by atoms with E-state index in [4.69, 9.17) is 0 Å². The minimum absolute atomic E-state index is 0.0719. The maximum absolute atomic E-state index is 13.3. The number of anilines is 1. The highest BCUT2D eigenvalue weighted by molar-refractivity contribution is 7.88. The van der Waals surface area contributed by atoms with E-state index in [9.17, 15) is 22.4 Å². The lowest BCUT2D eigenvalue weighted by molar-refractivity contribution is 0.101. The van der Waals surface area contributed by atoms with E-state index in [1.165, 1.54) is 29.6 Å². The van der Waals surface area contributed by atoms with Crippen LogP contribution in [0.15, 0.2) is 48.5 Å². The van der Waals surface area contributed by atoms with E-state index in [2.05, 4.69) is 15.5 Å². The van der Waals surface area contributed by atoms with Crippen LogP contribution in [0.3, 0.4) is 0 Å². The van der Waals surface area contributed by atoms with Gasteiger partial charge in [-0.2, -0.15) is 0 Å². The van der Waals surface area contributed by atoms with Crippen LogP contribution in [0.4, 0.5) is 14.9 Å². The van der Waals surface area contributed by atoms with Crippen molar-refractivity contribution in [3.05, 3.63) is 65.5 Å². The molecule has 0 spiro atoms. The van der Waals surface area contributed by atoms with Crippen LogP contribution >= 0.6 is 0 Å². The number of urea groups is 1. The molecular weight excluding hydrogens is 507 g/mol. The molecule has 2 aliphatic rings. The standard InChI is InChI=1S/C28H37FN4O4S/c1-20(34)23-6-3-7-26(16-23)30-28(35)31-27-12-14-33(38(2,36)37)19-24(27)18-32-13-4-5-22(17-32)15-21-8-10-25(29)11-9-21/h3,6-11,16,22,24,27H,4-5,12-15,17-19H2,1-2H3,(H2,30,31,35)/t22?,24-,27-/m1/s1. The zero-order valence-corrected chi connectivity index (χ0v) is 22.8. The van der Waals surface area contributed by atoms with Crippen LogP contribution < -0.4 is 10.6 Å². The number of Topliss-reactive ketones (excluding diaryl/α,β-unsaturated/α-hetero) is 1. The molecule has 2 fully saturated rings. The van der Waals surface area contributed by atoms with Gasteiger partial charge in [0, 0.05) is 49.4 Å². The number of rotatable bonds is 8. The molecule has 38 heavy (non-hydrogen) atoms. The SMILES string of the molecule is CC(=O)c1cccc(NC(=O)N[C@@H]2CCN(S(C)(=O)=O)C[C@H]2CN2CCCC(Cc3ccc(F)cc3)C2)c1. The fraction of sp³-hybridized carbons (Fsp3) is 0.500. The predicted molar refractivity (Wildman–Crippen MR) is 146 cm³/mol. The molecule has 2 N–H and O–H groups in total. The first kappa shape index (κ1) is 28.2. The first-order chi connectivity index (χ1) is 18.1. The van der Waals surface area contributed by atoms with Crippen LogP contribution in [0.2, 0.25) is 0 Å². The lowest BCUT2D eigenvalue weighted by atomic mass is 9.88. The zero-order chi connectivity index (χ0) is 27.3. The number of nitrogens with zero attached hydrogens (tertiary/aromatic N) is 2. The molecule has 2 aliphatic heterocycles. The Labute approximate surface area is 224 Å². The Morgan fingerprint density at radius 2 is 1.82 bits per heavy atom. The fourth-order valence-electron chi connectivity index (χ4n) is 5.60. The third-order valence-electron chi connectivity index (χ3n) is 7.54. The van der Waals surface area contributed by atoms with Crippen molar-refractivity contribution in [1.82, 2.24) is 14.5 Å². The maximum Gasteiger partial charge on any atom is 0.319 e. The van der Waals surface area contributed by atoms with Crippen LogP contribution in [-0.4, -0.2) is 74.5 Å². The molecule has 0 aromatic heterocycles. The fourth-order valence-corrected chi connectivity index (χ4v) is 6.50. The van der Waals surface area contributed by atoms with Crippen molar-refractivity contribution in [1.29, 1.82) is 0 Å². The number of likely N-dealkylation sites (tertiary alicyclic amines) is 1. The number of carbonyl (C=O) groups is 2. The average molecular weight is 545 g/mol. The van der Waals surface area contributed by atoms with Gasteiger partial charge in [0.25, 0.3) is 0 Å². The number of hydrogen-bond donors (Lipinski definition) is 2. The van der Waals surface area contributed by atoms with Gasteiger partial charge >= 0.3 is 6.03 Å². The molecule has 10 heteroatoms. The van der Waals surface area contributed by atoms with Crippen LogP contribution in [0.25, 0.3) is 0 Å². The number of piperidine rings is 2. The molecular formula is C28H37FN4O4S. The van der Waals surface area contributed by atoms with Crippen LogP contribution in [-0.2, 0) is 16.4 Å². The molecule has 0 aliphatic carbocycles. The minimum Gasteiger partial charge on any atom is -0.335 e. The molecule has 2 heterocycles. The first-order valence-electron chi connectivity index (χ1n) is 13.2. The number of benzene rings is 2. The molecule has 8 nitrogen and oxygen atoms in total. The molecule has 1 unspecified atom stereocenters. The van der Waals surface area contributed by atoms with E-state index in [0.29, 0.717) is 43.2 Å². The molecule has 206 valence electrons. The molecule has 2 aromatic rings. The minimum atomic E-state index is -3.34. The summed E-state index contributed by atoms with van der Waals surface area (Å²) in [5.74, 6) is 0.0480. The van der Waals surface area contributed by atoms with E-state index in [1.807, 2.05) is 12.1 Å². The topological polar surface area (TPSA) is 98.8 Å². The van der Waals surface area contributed by atoms with Gasteiger partial charge in [0.15, 0.2) is 5.78 Å². The van der Waals surface area contributed by atoms with Crippen molar-refractivity contribution in [3.8, 4) is 0 Å². The largest absolute Gasteiger partial charge is 0.335 e. The predicted octanol–water partition coefficient (Wildman–Crippen LogP) is 3.75. The lowest BCUT2D eigenvalue weighted by Crippen LogP contribution is -2.56. The second-order valence-electron chi connectivity index (χ2n) is 10.6. The Kier molecular flexibility index (Phi) is 9.17. The van der Waals surface area contributed by atoms with E-state index in [1.54, 1.807) is 24.3 Å². The number of amides is 2. The van der Waals surface area contributed by atoms with Crippen LogP contribution in [0.5, 0.6) is 0 Å². The monoisotopic (exact) mass is 544 g/mol. The number of halogens is 1. The van der Waals surface area contributed by atoms with Crippen molar-refractivity contribution in [2.75, 3.05) is 44.3 Å². The Bertz CT molecular complexity index is 1240. The van der Waals surface area contributed by atoms with Crippen molar-refractivity contribution in [2.45, 2.75) is 38.6 Å². The summed E-state index contributed by atoms with van der Waals surface area (Å²) in [5, 5.41) is 5.88.